The van der Waals surface area contributed by atoms with Crippen LogP contribution in [0, 0.1) is 11.3 Å². The van der Waals surface area contributed by atoms with Gasteiger partial charge in [-0.05, 0) is 19.1 Å². The minimum atomic E-state index is 0.571. The molecule has 1 aromatic carbocycles. The smallest absolute Gasteiger partial charge is 0.148 e. The highest BCUT2D eigenvalue weighted by atomic mass is 14.9. The predicted octanol–water partition coefficient (Wildman–Crippen LogP) is 2.49. The van der Waals surface area contributed by atoms with Gasteiger partial charge >= 0.3 is 0 Å². The van der Waals surface area contributed by atoms with Gasteiger partial charge in [-0.15, -0.1) is 0 Å². The Bertz CT molecular complexity index is 496. The highest BCUT2D eigenvalue weighted by Crippen LogP contribution is 2.15. The molecule has 0 radical (unpaired) electrons. The lowest BCUT2D eigenvalue weighted by molar-refractivity contribution is 1.27. The standard InChI is InChI=1S/C11H9N3/c1-2-8(7-12)11-13-9-5-3-4-6-10(9)14-11/h2-6H,1H3,(H,13,14). The molecule has 0 fully saturated rings. The summed E-state index contributed by atoms with van der Waals surface area (Å²) in [5, 5.41) is 8.83. The molecule has 0 saturated heterocycles. The molecule has 2 aromatic rings. The lowest BCUT2D eigenvalue weighted by atomic mass is 10.3. The van der Waals surface area contributed by atoms with Crippen LogP contribution in [0.1, 0.15) is 12.7 Å². The first-order valence-corrected chi connectivity index (χ1v) is 4.36. The fraction of sp³-hybridized carbons (Fsp3) is 0.0909. The van der Waals surface area contributed by atoms with Gasteiger partial charge in [0.15, 0.2) is 0 Å². The number of fused-ring (bicyclic) bond motifs is 1. The molecule has 1 heterocycles. The number of hydrogen-bond donors (Lipinski definition) is 1. The van der Waals surface area contributed by atoms with Crippen molar-refractivity contribution in [3.05, 3.63) is 36.2 Å². The summed E-state index contributed by atoms with van der Waals surface area (Å²) in [6.45, 7) is 1.83. The van der Waals surface area contributed by atoms with Gasteiger partial charge in [-0.1, -0.05) is 18.2 Å². The normalized spacial score (nSPS) is 11.6. The Morgan fingerprint density at radius 3 is 2.93 bits per heavy atom. The molecule has 0 aliphatic rings. The van der Waals surface area contributed by atoms with Crippen molar-refractivity contribution >= 4 is 16.6 Å². The van der Waals surface area contributed by atoms with Gasteiger partial charge in [0.05, 0.1) is 16.6 Å². The van der Waals surface area contributed by atoms with Gasteiger partial charge in [0, 0.05) is 0 Å². The van der Waals surface area contributed by atoms with Crippen LogP contribution >= 0.6 is 0 Å². The van der Waals surface area contributed by atoms with Crippen molar-refractivity contribution < 1.29 is 0 Å². The van der Waals surface area contributed by atoms with Gasteiger partial charge in [0.25, 0.3) is 0 Å². The average molecular weight is 183 g/mol. The summed E-state index contributed by atoms with van der Waals surface area (Å²) in [6, 6.07) is 9.82. The second-order valence-electron chi connectivity index (χ2n) is 2.92. The molecule has 1 N–H and O–H groups in total. The number of aromatic amines is 1. The highest BCUT2D eigenvalue weighted by molar-refractivity contribution is 5.81. The molecule has 0 unspecified atom stereocenters. The minimum Gasteiger partial charge on any atom is -0.337 e. The third kappa shape index (κ3) is 1.27. The average Bonchev–Trinajstić information content (AvgIpc) is 2.63. The van der Waals surface area contributed by atoms with E-state index in [0.29, 0.717) is 11.4 Å². The van der Waals surface area contributed by atoms with Gasteiger partial charge in [0.2, 0.25) is 0 Å². The number of nitriles is 1. The molecule has 3 heteroatoms. The zero-order valence-electron chi connectivity index (χ0n) is 7.78. The molecule has 0 spiro atoms. The van der Waals surface area contributed by atoms with Crippen LogP contribution < -0.4 is 0 Å². The molecule has 3 nitrogen and oxygen atoms in total. The summed E-state index contributed by atoms with van der Waals surface area (Å²) in [5.41, 5.74) is 2.41. The van der Waals surface area contributed by atoms with E-state index >= 15 is 0 Å². The van der Waals surface area contributed by atoms with E-state index in [1.165, 1.54) is 0 Å². The van der Waals surface area contributed by atoms with Crippen LogP contribution in [0.25, 0.3) is 16.6 Å². The van der Waals surface area contributed by atoms with E-state index in [4.69, 9.17) is 5.26 Å². The Morgan fingerprint density at radius 2 is 2.29 bits per heavy atom. The Balaban J connectivity index is 2.62. The van der Waals surface area contributed by atoms with E-state index in [9.17, 15) is 0 Å². The van der Waals surface area contributed by atoms with Crippen molar-refractivity contribution in [2.45, 2.75) is 6.92 Å². The minimum absolute atomic E-state index is 0.571. The highest BCUT2D eigenvalue weighted by Gasteiger charge is 2.05. The zero-order valence-corrected chi connectivity index (χ0v) is 7.78. The molecular weight excluding hydrogens is 174 g/mol. The number of para-hydroxylation sites is 2. The fourth-order valence-electron chi connectivity index (χ4n) is 1.33. The number of nitrogens with zero attached hydrogens (tertiary/aromatic N) is 2. The second kappa shape index (κ2) is 3.35. The topological polar surface area (TPSA) is 52.5 Å². The van der Waals surface area contributed by atoms with Gasteiger partial charge in [0.1, 0.15) is 11.9 Å². The lowest BCUT2D eigenvalue weighted by Crippen LogP contribution is -1.82. The summed E-state index contributed by atoms with van der Waals surface area (Å²) in [5.74, 6) is 0.635. The van der Waals surface area contributed by atoms with Crippen LogP contribution in [0.3, 0.4) is 0 Å². The van der Waals surface area contributed by atoms with Crippen LogP contribution in [0.15, 0.2) is 30.3 Å². The molecule has 1 aromatic heterocycles. The van der Waals surface area contributed by atoms with Crippen molar-refractivity contribution in [2.24, 2.45) is 0 Å². The predicted molar refractivity (Wildman–Crippen MR) is 55.4 cm³/mol. The summed E-state index contributed by atoms with van der Waals surface area (Å²) >= 11 is 0. The molecule has 0 atom stereocenters. The van der Waals surface area contributed by atoms with E-state index in [2.05, 4.69) is 16.0 Å². The van der Waals surface area contributed by atoms with Crippen molar-refractivity contribution in [1.82, 2.24) is 9.97 Å². The third-order valence-corrected chi connectivity index (χ3v) is 2.05. The van der Waals surface area contributed by atoms with E-state index in [0.717, 1.165) is 11.0 Å². The maximum absolute atomic E-state index is 8.83. The quantitative estimate of drug-likeness (QED) is 0.690. The third-order valence-electron chi connectivity index (χ3n) is 2.05. The van der Waals surface area contributed by atoms with Crippen LogP contribution in [0.4, 0.5) is 0 Å². The number of rotatable bonds is 1. The number of hydrogen-bond acceptors (Lipinski definition) is 2. The van der Waals surface area contributed by atoms with E-state index in [-0.39, 0.29) is 0 Å². The maximum Gasteiger partial charge on any atom is 0.148 e. The summed E-state index contributed by atoms with van der Waals surface area (Å²) in [4.78, 5) is 7.40. The van der Waals surface area contributed by atoms with E-state index < -0.39 is 0 Å². The first-order valence-electron chi connectivity index (χ1n) is 4.36. The Morgan fingerprint density at radius 1 is 1.50 bits per heavy atom. The first kappa shape index (κ1) is 8.52. The van der Waals surface area contributed by atoms with E-state index in [1.807, 2.05) is 31.2 Å². The van der Waals surface area contributed by atoms with Crippen LogP contribution in [0.2, 0.25) is 0 Å². The molecule has 0 bridgehead atoms. The van der Waals surface area contributed by atoms with Crippen LogP contribution in [-0.4, -0.2) is 9.97 Å². The van der Waals surface area contributed by atoms with Gasteiger partial charge in [-0.3, -0.25) is 0 Å². The zero-order chi connectivity index (χ0) is 9.97. The van der Waals surface area contributed by atoms with Crippen molar-refractivity contribution in [2.75, 3.05) is 0 Å². The van der Waals surface area contributed by atoms with Crippen LogP contribution in [0.5, 0.6) is 0 Å². The van der Waals surface area contributed by atoms with E-state index in [1.54, 1.807) is 6.08 Å². The van der Waals surface area contributed by atoms with Crippen molar-refractivity contribution in [3.63, 3.8) is 0 Å². The SMILES string of the molecule is CC=C(C#N)c1nc2ccccc2[nH]1. The fourth-order valence-corrected chi connectivity index (χ4v) is 1.33. The van der Waals surface area contributed by atoms with Gasteiger partial charge in [-0.2, -0.15) is 5.26 Å². The largest absolute Gasteiger partial charge is 0.337 e. The summed E-state index contributed by atoms with van der Waals surface area (Å²) < 4.78 is 0. The Labute approximate surface area is 81.7 Å². The molecule has 14 heavy (non-hydrogen) atoms. The van der Waals surface area contributed by atoms with Crippen LogP contribution in [-0.2, 0) is 0 Å². The molecule has 0 aliphatic heterocycles. The number of H-pyrrole nitrogens is 1. The number of aromatic nitrogens is 2. The van der Waals surface area contributed by atoms with Gasteiger partial charge in [-0.25, -0.2) is 4.98 Å². The number of nitrogens with one attached hydrogen (secondary N) is 1. The number of imidazole rings is 1. The van der Waals surface area contributed by atoms with Crippen molar-refractivity contribution in [3.8, 4) is 6.07 Å². The lowest BCUT2D eigenvalue weighted by Gasteiger charge is -1.87. The monoisotopic (exact) mass is 183 g/mol. The van der Waals surface area contributed by atoms with Crippen molar-refractivity contribution in [1.29, 1.82) is 5.26 Å². The number of benzene rings is 1. The first-order chi connectivity index (χ1) is 6.85. The Kier molecular flexibility index (Phi) is 2.04. The molecule has 0 aliphatic carbocycles. The van der Waals surface area contributed by atoms with Gasteiger partial charge < -0.3 is 4.98 Å². The number of allylic oxidation sites excluding steroid dienone is 2. The molecule has 68 valence electrons. The molecule has 0 saturated carbocycles. The second-order valence-corrected chi connectivity index (χ2v) is 2.92. The molecule has 2 rings (SSSR count). The summed E-state index contributed by atoms with van der Waals surface area (Å²) in [6.07, 6.45) is 1.75. The molecule has 0 amide bonds. The maximum atomic E-state index is 8.83. The molecular formula is C11H9N3. The Hall–Kier alpha value is -2.08. The summed E-state index contributed by atoms with van der Waals surface area (Å²) in [7, 11) is 0.